The van der Waals surface area contributed by atoms with Crippen molar-refractivity contribution in [1.29, 1.82) is 0 Å². The van der Waals surface area contributed by atoms with Gasteiger partial charge in [-0.2, -0.15) is 0 Å². The molecule has 1 fully saturated rings. The number of benzene rings is 1. The van der Waals surface area contributed by atoms with Crippen LogP contribution in [-0.4, -0.2) is 23.6 Å². The number of carbonyl (C=O) groups is 1. The fraction of sp³-hybridized carbons (Fsp3) is 0.562. The van der Waals surface area contributed by atoms with Crippen molar-refractivity contribution < 1.29 is 14.6 Å². The number of hydrogen-bond acceptors (Lipinski definition) is 3. The Balaban J connectivity index is 1.81. The van der Waals surface area contributed by atoms with Crippen molar-refractivity contribution >= 4 is 5.78 Å². The van der Waals surface area contributed by atoms with Gasteiger partial charge in [-0.25, -0.2) is 0 Å². The van der Waals surface area contributed by atoms with Crippen molar-refractivity contribution in [3.63, 3.8) is 0 Å². The molecule has 1 atom stereocenters. The van der Waals surface area contributed by atoms with E-state index in [1.165, 1.54) is 6.42 Å². The molecule has 0 aromatic heterocycles. The quantitative estimate of drug-likeness (QED) is 0.850. The minimum absolute atomic E-state index is 0.124. The highest BCUT2D eigenvalue weighted by Crippen LogP contribution is 2.33. The van der Waals surface area contributed by atoms with Gasteiger partial charge in [-0.3, -0.25) is 4.79 Å². The molecule has 0 spiro atoms. The molecule has 1 aromatic rings. The zero-order chi connectivity index (χ0) is 13.2. The van der Waals surface area contributed by atoms with Crippen LogP contribution in [0, 0.1) is 5.92 Å². The summed E-state index contributed by atoms with van der Waals surface area (Å²) < 4.78 is 5.56. The van der Waals surface area contributed by atoms with Gasteiger partial charge in [0.05, 0.1) is 12.2 Å². The Morgan fingerprint density at radius 1 is 1.26 bits per heavy atom. The highest BCUT2D eigenvalue weighted by atomic mass is 16.5. The first kappa shape index (κ1) is 12.7. The number of fused-ring (bicyclic) bond motifs is 1. The summed E-state index contributed by atoms with van der Waals surface area (Å²) >= 11 is 0. The predicted octanol–water partition coefficient (Wildman–Crippen LogP) is 2.75. The number of carbonyl (C=O) groups excluding carboxylic acids is 1. The van der Waals surface area contributed by atoms with Gasteiger partial charge >= 0.3 is 0 Å². The first-order valence-corrected chi connectivity index (χ1v) is 7.24. The normalized spacial score (nSPS) is 20.7. The van der Waals surface area contributed by atoms with Gasteiger partial charge in [0.25, 0.3) is 0 Å². The second-order valence-corrected chi connectivity index (χ2v) is 5.60. The number of aliphatic hydroxyl groups excluding tert-OH is 1. The van der Waals surface area contributed by atoms with Crippen LogP contribution in [0.1, 0.15) is 48.0 Å². The Kier molecular flexibility index (Phi) is 3.56. The van der Waals surface area contributed by atoms with E-state index in [4.69, 9.17) is 4.74 Å². The molecule has 3 nitrogen and oxygen atoms in total. The van der Waals surface area contributed by atoms with Crippen LogP contribution in [0.5, 0.6) is 5.75 Å². The third-order valence-electron chi connectivity index (χ3n) is 4.34. The second kappa shape index (κ2) is 5.33. The van der Waals surface area contributed by atoms with E-state index < -0.39 is 6.10 Å². The number of aliphatic hydroxyl groups is 1. The lowest BCUT2D eigenvalue weighted by molar-refractivity contribution is 0.0532. The van der Waals surface area contributed by atoms with Crippen molar-refractivity contribution in [2.45, 2.75) is 44.6 Å². The Labute approximate surface area is 113 Å². The van der Waals surface area contributed by atoms with E-state index in [1.807, 2.05) is 12.1 Å². The van der Waals surface area contributed by atoms with Crippen molar-refractivity contribution in [2.75, 3.05) is 6.61 Å². The standard InChI is InChI=1S/C16H20O3/c17-14(11-5-2-1-3-6-11)15(18)13-8-4-7-12-9-10-19-16(12)13/h4,7-8,11,14,17H,1-3,5-6,9-10H2. The van der Waals surface area contributed by atoms with E-state index in [-0.39, 0.29) is 11.7 Å². The van der Waals surface area contributed by atoms with Gasteiger partial charge in [0.2, 0.25) is 0 Å². The van der Waals surface area contributed by atoms with Gasteiger partial charge in [0.1, 0.15) is 11.9 Å². The molecule has 0 amide bonds. The molecule has 1 aliphatic carbocycles. The summed E-state index contributed by atoms with van der Waals surface area (Å²) in [6.07, 6.45) is 5.38. The maximum atomic E-state index is 12.5. The van der Waals surface area contributed by atoms with Crippen LogP contribution in [-0.2, 0) is 6.42 Å². The molecule has 3 heteroatoms. The van der Waals surface area contributed by atoms with Crippen molar-refractivity contribution in [2.24, 2.45) is 5.92 Å². The summed E-state index contributed by atoms with van der Waals surface area (Å²) in [5, 5.41) is 10.3. The molecule has 19 heavy (non-hydrogen) atoms. The van der Waals surface area contributed by atoms with Crippen LogP contribution in [0.3, 0.4) is 0 Å². The van der Waals surface area contributed by atoms with E-state index in [0.717, 1.165) is 37.7 Å². The van der Waals surface area contributed by atoms with E-state index in [1.54, 1.807) is 6.07 Å². The van der Waals surface area contributed by atoms with E-state index in [2.05, 4.69) is 0 Å². The molecule has 0 bridgehead atoms. The molecule has 0 saturated heterocycles. The molecule has 2 aliphatic rings. The van der Waals surface area contributed by atoms with Gasteiger partial charge < -0.3 is 9.84 Å². The van der Waals surface area contributed by atoms with Crippen molar-refractivity contribution in [3.8, 4) is 5.75 Å². The largest absolute Gasteiger partial charge is 0.492 e. The predicted molar refractivity (Wildman–Crippen MR) is 72.6 cm³/mol. The minimum Gasteiger partial charge on any atom is -0.492 e. The minimum atomic E-state index is -0.865. The summed E-state index contributed by atoms with van der Waals surface area (Å²) in [5.74, 6) is 0.659. The van der Waals surface area contributed by atoms with Crippen LogP contribution < -0.4 is 4.74 Å². The highest BCUT2D eigenvalue weighted by Gasteiger charge is 2.31. The summed E-state index contributed by atoms with van der Waals surface area (Å²) in [4.78, 5) is 12.5. The zero-order valence-corrected chi connectivity index (χ0v) is 11.1. The number of ether oxygens (including phenoxy) is 1. The first-order chi connectivity index (χ1) is 9.27. The fourth-order valence-corrected chi connectivity index (χ4v) is 3.23. The zero-order valence-electron chi connectivity index (χ0n) is 11.1. The molecule has 102 valence electrons. The number of Topliss-reactive ketones (excluding diaryl/α,β-unsaturated/α-hetero) is 1. The molecular formula is C16H20O3. The van der Waals surface area contributed by atoms with Crippen LogP contribution in [0.2, 0.25) is 0 Å². The summed E-state index contributed by atoms with van der Waals surface area (Å²) in [5.41, 5.74) is 1.65. The van der Waals surface area contributed by atoms with Gasteiger partial charge in [-0.1, -0.05) is 31.4 Å². The molecule has 1 aromatic carbocycles. The molecule has 1 unspecified atom stereocenters. The molecule has 0 radical (unpaired) electrons. The van der Waals surface area contributed by atoms with Crippen LogP contribution in [0.25, 0.3) is 0 Å². The Morgan fingerprint density at radius 2 is 2.05 bits per heavy atom. The Morgan fingerprint density at radius 3 is 2.84 bits per heavy atom. The van der Waals surface area contributed by atoms with Gasteiger partial charge in [0, 0.05) is 6.42 Å². The number of rotatable bonds is 3. The first-order valence-electron chi connectivity index (χ1n) is 7.24. The van der Waals surface area contributed by atoms with Crippen LogP contribution in [0.4, 0.5) is 0 Å². The average Bonchev–Trinajstić information content (AvgIpc) is 2.95. The third-order valence-corrected chi connectivity index (χ3v) is 4.34. The average molecular weight is 260 g/mol. The van der Waals surface area contributed by atoms with E-state index >= 15 is 0 Å². The SMILES string of the molecule is O=C(c1cccc2c1OCC2)C(O)C1CCCCC1. The number of hydrogen-bond donors (Lipinski definition) is 1. The summed E-state index contributed by atoms with van der Waals surface area (Å²) in [6, 6.07) is 5.65. The van der Waals surface area contributed by atoms with E-state index in [9.17, 15) is 9.90 Å². The van der Waals surface area contributed by atoms with Crippen molar-refractivity contribution in [3.05, 3.63) is 29.3 Å². The second-order valence-electron chi connectivity index (χ2n) is 5.60. The molecule has 1 N–H and O–H groups in total. The molecular weight excluding hydrogens is 240 g/mol. The van der Waals surface area contributed by atoms with E-state index in [0.29, 0.717) is 17.9 Å². The Bertz CT molecular complexity index is 475. The fourth-order valence-electron chi connectivity index (χ4n) is 3.23. The summed E-state index contributed by atoms with van der Waals surface area (Å²) in [6.45, 7) is 0.638. The van der Waals surface area contributed by atoms with Crippen LogP contribution >= 0.6 is 0 Å². The van der Waals surface area contributed by atoms with Crippen molar-refractivity contribution in [1.82, 2.24) is 0 Å². The Hall–Kier alpha value is -1.35. The lowest BCUT2D eigenvalue weighted by Gasteiger charge is -2.26. The molecule has 1 aliphatic heterocycles. The van der Waals surface area contributed by atoms with Gasteiger partial charge in [-0.05, 0) is 30.4 Å². The maximum absolute atomic E-state index is 12.5. The smallest absolute Gasteiger partial charge is 0.195 e. The highest BCUT2D eigenvalue weighted by molar-refractivity contribution is 6.02. The van der Waals surface area contributed by atoms with Crippen LogP contribution in [0.15, 0.2) is 18.2 Å². The topological polar surface area (TPSA) is 46.5 Å². The maximum Gasteiger partial charge on any atom is 0.195 e. The number of ketones is 1. The third kappa shape index (κ3) is 2.39. The lowest BCUT2D eigenvalue weighted by Crippen LogP contribution is -2.31. The van der Waals surface area contributed by atoms with Gasteiger partial charge in [-0.15, -0.1) is 0 Å². The lowest BCUT2D eigenvalue weighted by atomic mass is 9.82. The molecule has 3 rings (SSSR count). The van der Waals surface area contributed by atoms with Gasteiger partial charge in [0.15, 0.2) is 5.78 Å². The monoisotopic (exact) mass is 260 g/mol. The molecule has 1 saturated carbocycles. The molecule has 1 heterocycles. The number of para-hydroxylation sites is 1. The summed E-state index contributed by atoms with van der Waals surface area (Å²) in [7, 11) is 0.